The zero-order valence-electron chi connectivity index (χ0n) is 17.3. The molecule has 1 aliphatic rings. The van der Waals surface area contributed by atoms with Gasteiger partial charge < -0.3 is 25.8 Å². The van der Waals surface area contributed by atoms with Crippen LogP contribution in [0.25, 0.3) is 11.3 Å². The van der Waals surface area contributed by atoms with Gasteiger partial charge in [-0.1, -0.05) is 18.2 Å². The summed E-state index contributed by atoms with van der Waals surface area (Å²) in [6.45, 7) is 3.40. The third-order valence-electron chi connectivity index (χ3n) is 4.99. The first-order valence-electron chi connectivity index (χ1n) is 10.2. The average molecular weight is 419 g/mol. The fourth-order valence-electron chi connectivity index (χ4n) is 3.32. The maximum Gasteiger partial charge on any atom is 0.219 e. The number of rotatable bonds is 7. The Hall–Kier alpha value is -3.65. The molecule has 1 aliphatic heterocycles. The van der Waals surface area contributed by atoms with Crippen molar-refractivity contribution < 1.29 is 9.47 Å². The van der Waals surface area contributed by atoms with E-state index < -0.39 is 0 Å². The number of nitrogens with zero attached hydrogens (tertiary/aromatic N) is 4. The van der Waals surface area contributed by atoms with Crippen LogP contribution < -0.4 is 21.1 Å². The number of ether oxygens (including phenoxy) is 2. The zero-order valence-corrected chi connectivity index (χ0v) is 17.3. The Morgan fingerprint density at radius 2 is 1.77 bits per heavy atom. The lowest BCUT2D eigenvalue weighted by atomic mass is 10.1. The highest BCUT2D eigenvalue weighted by molar-refractivity contribution is 5.62. The van der Waals surface area contributed by atoms with Gasteiger partial charge in [-0.05, 0) is 48.0 Å². The molecule has 0 saturated carbocycles. The molecule has 0 amide bonds. The van der Waals surface area contributed by atoms with Crippen molar-refractivity contribution in [1.82, 2.24) is 15.0 Å². The SMILES string of the molecule is NC=CCc1ccc(OCc2cc(-c3cnc(N)nc3)nc(N3CCOCC3)c2)cc1. The Balaban J connectivity index is 1.55. The fraction of sp³-hybridized carbons (Fsp3) is 0.261. The van der Waals surface area contributed by atoms with Crippen molar-refractivity contribution in [3.63, 3.8) is 0 Å². The maximum atomic E-state index is 6.04. The number of allylic oxidation sites excluding steroid dienone is 1. The predicted molar refractivity (Wildman–Crippen MR) is 121 cm³/mol. The monoisotopic (exact) mass is 418 g/mol. The minimum absolute atomic E-state index is 0.238. The molecule has 0 atom stereocenters. The lowest BCUT2D eigenvalue weighted by Gasteiger charge is -2.28. The van der Waals surface area contributed by atoms with Crippen molar-refractivity contribution in [3.05, 3.63) is 72.2 Å². The van der Waals surface area contributed by atoms with E-state index in [0.717, 1.165) is 47.9 Å². The van der Waals surface area contributed by atoms with E-state index in [4.69, 9.17) is 25.9 Å². The van der Waals surface area contributed by atoms with Crippen LogP contribution in [0, 0.1) is 0 Å². The van der Waals surface area contributed by atoms with Crippen LogP contribution >= 0.6 is 0 Å². The largest absolute Gasteiger partial charge is 0.489 e. The molecule has 8 nitrogen and oxygen atoms in total. The van der Waals surface area contributed by atoms with Gasteiger partial charge >= 0.3 is 0 Å². The molecule has 8 heteroatoms. The molecule has 0 unspecified atom stereocenters. The predicted octanol–water partition coefficient (Wildman–Crippen LogP) is 2.55. The van der Waals surface area contributed by atoms with E-state index in [9.17, 15) is 0 Å². The zero-order chi connectivity index (χ0) is 21.5. The second-order valence-corrected chi connectivity index (χ2v) is 7.21. The van der Waals surface area contributed by atoms with Gasteiger partial charge in [-0.15, -0.1) is 0 Å². The molecule has 1 aromatic carbocycles. The van der Waals surface area contributed by atoms with Gasteiger partial charge in [0.15, 0.2) is 0 Å². The Kier molecular flexibility index (Phi) is 6.59. The van der Waals surface area contributed by atoms with E-state index in [1.54, 1.807) is 18.6 Å². The van der Waals surface area contributed by atoms with Crippen molar-refractivity contribution in [3.8, 4) is 17.0 Å². The Bertz CT molecular complexity index is 1020. The summed E-state index contributed by atoms with van der Waals surface area (Å²) >= 11 is 0. The van der Waals surface area contributed by atoms with E-state index in [0.29, 0.717) is 19.8 Å². The van der Waals surface area contributed by atoms with Gasteiger partial charge in [0, 0.05) is 31.0 Å². The number of anilines is 2. The van der Waals surface area contributed by atoms with Crippen molar-refractivity contribution in [2.45, 2.75) is 13.0 Å². The normalized spacial score (nSPS) is 14.1. The summed E-state index contributed by atoms with van der Waals surface area (Å²) in [6.07, 6.45) is 7.66. The number of hydrogen-bond acceptors (Lipinski definition) is 8. The third-order valence-corrected chi connectivity index (χ3v) is 4.99. The lowest BCUT2D eigenvalue weighted by molar-refractivity contribution is 0.122. The molecule has 1 saturated heterocycles. The Morgan fingerprint density at radius 1 is 1.03 bits per heavy atom. The van der Waals surface area contributed by atoms with Crippen LogP contribution in [0.3, 0.4) is 0 Å². The second-order valence-electron chi connectivity index (χ2n) is 7.21. The molecule has 1 fully saturated rings. The Labute approximate surface area is 181 Å². The minimum Gasteiger partial charge on any atom is -0.489 e. The van der Waals surface area contributed by atoms with Gasteiger partial charge in [0.2, 0.25) is 5.95 Å². The van der Waals surface area contributed by atoms with Crippen molar-refractivity contribution in [2.75, 3.05) is 36.9 Å². The quantitative estimate of drug-likeness (QED) is 0.602. The van der Waals surface area contributed by atoms with Gasteiger partial charge in [0.25, 0.3) is 0 Å². The van der Waals surface area contributed by atoms with Crippen LogP contribution in [0.4, 0.5) is 11.8 Å². The van der Waals surface area contributed by atoms with E-state index in [1.807, 2.05) is 36.4 Å². The van der Waals surface area contributed by atoms with Crippen LogP contribution in [0.15, 0.2) is 61.1 Å². The van der Waals surface area contributed by atoms with Gasteiger partial charge in [-0.25, -0.2) is 15.0 Å². The highest BCUT2D eigenvalue weighted by atomic mass is 16.5. The second kappa shape index (κ2) is 9.90. The van der Waals surface area contributed by atoms with Crippen molar-refractivity contribution in [2.24, 2.45) is 5.73 Å². The van der Waals surface area contributed by atoms with Crippen LogP contribution in [0.2, 0.25) is 0 Å². The summed E-state index contributed by atoms with van der Waals surface area (Å²) in [7, 11) is 0. The molecule has 0 spiro atoms. The van der Waals surface area contributed by atoms with E-state index in [2.05, 4.69) is 20.9 Å². The highest BCUT2D eigenvalue weighted by Crippen LogP contribution is 2.24. The number of hydrogen-bond donors (Lipinski definition) is 2. The molecular weight excluding hydrogens is 392 g/mol. The summed E-state index contributed by atoms with van der Waals surface area (Å²) in [6, 6.07) is 12.1. The minimum atomic E-state index is 0.238. The first kappa shape index (κ1) is 20.6. The van der Waals surface area contributed by atoms with E-state index >= 15 is 0 Å². The standard InChI is InChI=1S/C23H26N6O2/c24-7-1-2-17-3-5-20(6-4-17)31-16-18-12-21(19-14-26-23(25)27-15-19)28-22(13-18)29-8-10-30-11-9-29/h1,3-7,12-15H,2,8-11,16,24H2,(H2,25,26,27). The van der Waals surface area contributed by atoms with Crippen LogP contribution in [-0.4, -0.2) is 41.3 Å². The van der Waals surface area contributed by atoms with Crippen LogP contribution in [0.1, 0.15) is 11.1 Å². The lowest BCUT2D eigenvalue weighted by Crippen LogP contribution is -2.36. The van der Waals surface area contributed by atoms with Gasteiger partial charge in [0.05, 0.1) is 18.9 Å². The smallest absolute Gasteiger partial charge is 0.219 e. The van der Waals surface area contributed by atoms with E-state index in [-0.39, 0.29) is 5.95 Å². The molecule has 160 valence electrons. The summed E-state index contributed by atoms with van der Waals surface area (Å²) in [5.74, 6) is 1.93. The summed E-state index contributed by atoms with van der Waals surface area (Å²) in [5.41, 5.74) is 14.8. The van der Waals surface area contributed by atoms with E-state index in [1.165, 1.54) is 5.56 Å². The molecular formula is C23H26N6O2. The molecule has 3 aromatic rings. The van der Waals surface area contributed by atoms with Gasteiger partial charge in [0.1, 0.15) is 18.2 Å². The first-order valence-corrected chi connectivity index (χ1v) is 10.2. The van der Waals surface area contributed by atoms with Crippen LogP contribution in [-0.2, 0) is 17.8 Å². The van der Waals surface area contributed by atoms with Gasteiger partial charge in [-0.2, -0.15) is 0 Å². The maximum absolute atomic E-state index is 6.04. The molecule has 3 heterocycles. The third kappa shape index (κ3) is 5.49. The number of nitrogens with two attached hydrogens (primary N) is 2. The molecule has 4 N–H and O–H groups in total. The number of nitrogen functional groups attached to an aromatic ring is 1. The number of morpholine rings is 1. The van der Waals surface area contributed by atoms with Gasteiger partial charge in [-0.3, -0.25) is 0 Å². The average Bonchev–Trinajstić information content (AvgIpc) is 2.83. The number of aromatic nitrogens is 3. The topological polar surface area (TPSA) is 112 Å². The summed E-state index contributed by atoms with van der Waals surface area (Å²) in [4.78, 5) is 15.2. The Morgan fingerprint density at radius 3 is 2.48 bits per heavy atom. The van der Waals surface area contributed by atoms with Crippen molar-refractivity contribution in [1.29, 1.82) is 0 Å². The molecule has 4 rings (SSSR count). The molecule has 2 aromatic heterocycles. The molecule has 31 heavy (non-hydrogen) atoms. The van der Waals surface area contributed by atoms with Crippen molar-refractivity contribution >= 4 is 11.8 Å². The first-order chi connectivity index (χ1) is 15.2. The molecule has 0 radical (unpaired) electrons. The highest BCUT2D eigenvalue weighted by Gasteiger charge is 2.15. The number of pyridine rings is 1. The molecule has 0 aliphatic carbocycles. The summed E-state index contributed by atoms with van der Waals surface area (Å²) in [5, 5.41) is 0. The molecule has 0 bridgehead atoms. The summed E-state index contributed by atoms with van der Waals surface area (Å²) < 4.78 is 11.5. The fourth-order valence-corrected chi connectivity index (χ4v) is 3.32. The number of benzene rings is 1. The van der Waals surface area contributed by atoms with Crippen LogP contribution in [0.5, 0.6) is 5.75 Å².